The van der Waals surface area contributed by atoms with Gasteiger partial charge in [-0.15, -0.1) is 0 Å². The molecule has 0 amide bonds. The molecule has 0 atom stereocenters. The molecule has 0 spiro atoms. The summed E-state index contributed by atoms with van der Waals surface area (Å²) in [6.07, 6.45) is 3.31. The van der Waals surface area contributed by atoms with Crippen molar-refractivity contribution in [3.8, 4) is 11.6 Å². The summed E-state index contributed by atoms with van der Waals surface area (Å²) in [6, 6.07) is 3.68. The number of furan rings is 1. The first-order valence-corrected chi connectivity index (χ1v) is 3.90. The molecule has 0 aliphatic heterocycles. The van der Waals surface area contributed by atoms with Crippen LogP contribution in [0.25, 0.3) is 11.6 Å². The molecule has 0 bridgehead atoms. The van der Waals surface area contributed by atoms with Gasteiger partial charge >= 0.3 is 0 Å². The summed E-state index contributed by atoms with van der Waals surface area (Å²) in [5, 5.41) is 0. The van der Waals surface area contributed by atoms with Crippen LogP contribution in [0, 0.1) is 0 Å². The van der Waals surface area contributed by atoms with Crippen LogP contribution in [0.3, 0.4) is 0 Å². The molecule has 0 fully saturated rings. The molecule has 56 valence electrons. The Labute approximate surface area is 71.6 Å². The maximum absolute atomic E-state index is 5.12. The lowest BCUT2D eigenvalue weighted by atomic mass is 10.4. The molecule has 2 rings (SSSR count). The smallest absolute Gasteiger partial charge is 0.174 e. The molecule has 0 aliphatic rings. The van der Waals surface area contributed by atoms with Crippen LogP contribution in [0.4, 0.5) is 0 Å². The first kappa shape index (κ1) is 6.67. The van der Waals surface area contributed by atoms with Crippen LogP contribution < -0.4 is 0 Å². The highest BCUT2D eigenvalue weighted by Crippen LogP contribution is 2.17. The van der Waals surface area contributed by atoms with Crippen molar-refractivity contribution in [2.24, 2.45) is 0 Å². The van der Waals surface area contributed by atoms with Gasteiger partial charge in [0.1, 0.15) is 4.60 Å². The van der Waals surface area contributed by atoms with Crippen molar-refractivity contribution in [3.05, 3.63) is 29.2 Å². The van der Waals surface area contributed by atoms with Gasteiger partial charge in [0.15, 0.2) is 11.6 Å². The average molecular weight is 213 g/mol. The number of H-pyrrole nitrogens is 1. The molecule has 4 heteroatoms. The third kappa shape index (κ3) is 1.21. The number of hydrogen-bond donors (Lipinski definition) is 1. The van der Waals surface area contributed by atoms with E-state index in [0.29, 0.717) is 0 Å². The molecule has 0 radical (unpaired) electrons. The van der Waals surface area contributed by atoms with E-state index in [1.165, 1.54) is 0 Å². The molecule has 11 heavy (non-hydrogen) atoms. The Bertz CT molecular complexity index is 339. The second kappa shape index (κ2) is 2.54. The molecule has 0 unspecified atom stereocenters. The maximum Gasteiger partial charge on any atom is 0.174 e. The van der Waals surface area contributed by atoms with E-state index in [-0.39, 0.29) is 0 Å². The van der Waals surface area contributed by atoms with E-state index in [1.54, 1.807) is 12.5 Å². The monoisotopic (exact) mass is 212 g/mol. The van der Waals surface area contributed by atoms with Gasteiger partial charge in [-0.2, -0.15) is 0 Å². The lowest BCUT2D eigenvalue weighted by Crippen LogP contribution is -1.73. The zero-order valence-electron chi connectivity index (χ0n) is 5.54. The van der Waals surface area contributed by atoms with Gasteiger partial charge in [0.05, 0.1) is 12.5 Å². The predicted octanol–water partition coefficient (Wildman–Crippen LogP) is 2.43. The number of rotatable bonds is 1. The van der Waals surface area contributed by atoms with Crippen LogP contribution in [0.5, 0.6) is 0 Å². The number of hydrogen-bond acceptors (Lipinski definition) is 2. The lowest BCUT2D eigenvalue weighted by molar-refractivity contribution is 0.578. The molecule has 0 aromatic carbocycles. The zero-order chi connectivity index (χ0) is 7.68. The number of aromatic nitrogens is 2. The van der Waals surface area contributed by atoms with Crippen molar-refractivity contribution in [3.63, 3.8) is 0 Å². The van der Waals surface area contributed by atoms with Crippen molar-refractivity contribution in [2.75, 3.05) is 0 Å². The van der Waals surface area contributed by atoms with Crippen LogP contribution in [0.1, 0.15) is 0 Å². The minimum Gasteiger partial charge on any atom is -0.461 e. The van der Waals surface area contributed by atoms with Gasteiger partial charge in [-0.25, -0.2) is 4.98 Å². The zero-order valence-corrected chi connectivity index (χ0v) is 7.13. The normalized spacial score (nSPS) is 10.3. The van der Waals surface area contributed by atoms with Gasteiger partial charge < -0.3 is 9.40 Å². The lowest BCUT2D eigenvalue weighted by Gasteiger charge is -1.85. The fraction of sp³-hybridized carbons (Fsp3) is 0. The van der Waals surface area contributed by atoms with Crippen molar-refractivity contribution >= 4 is 15.9 Å². The summed E-state index contributed by atoms with van der Waals surface area (Å²) in [5.41, 5.74) is 0. The van der Waals surface area contributed by atoms with E-state index in [9.17, 15) is 0 Å². The molecule has 1 N–H and O–H groups in total. The van der Waals surface area contributed by atoms with Crippen LogP contribution >= 0.6 is 15.9 Å². The Morgan fingerprint density at radius 2 is 2.45 bits per heavy atom. The number of nitrogens with one attached hydrogen (secondary N) is 1. The van der Waals surface area contributed by atoms with E-state index in [4.69, 9.17) is 4.42 Å². The first-order valence-electron chi connectivity index (χ1n) is 3.10. The summed E-state index contributed by atoms with van der Waals surface area (Å²) >= 11 is 3.26. The fourth-order valence-corrected chi connectivity index (χ4v) is 1.13. The highest BCUT2D eigenvalue weighted by Gasteiger charge is 2.02. The van der Waals surface area contributed by atoms with Crippen molar-refractivity contribution in [2.45, 2.75) is 0 Å². The molecular weight excluding hydrogens is 208 g/mol. The van der Waals surface area contributed by atoms with Gasteiger partial charge in [-0.3, -0.25) is 0 Å². The van der Waals surface area contributed by atoms with E-state index in [1.807, 2.05) is 12.1 Å². The highest BCUT2D eigenvalue weighted by atomic mass is 79.9. The van der Waals surface area contributed by atoms with Crippen molar-refractivity contribution in [1.82, 2.24) is 9.97 Å². The Balaban J connectivity index is 2.45. The largest absolute Gasteiger partial charge is 0.461 e. The van der Waals surface area contributed by atoms with E-state index < -0.39 is 0 Å². The van der Waals surface area contributed by atoms with Gasteiger partial charge in [0.2, 0.25) is 0 Å². The number of nitrogens with zero attached hydrogens (tertiary/aromatic N) is 1. The summed E-state index contributed by atoms with van der Waals surface area (Å²) < 4.78 is 5.97. The van der Waals surface area contributed by atoms with Gasteiger partial charge in [0, 0.05) is 0 Å². The minimum absolute atomic E-state index is 0.738. The number of imidazole rings is 1. The SMILES string of the molecule is Brc1cnc(-c2ccco2)[nH]1. The Morgan fingerprint density at radius 1 is 1.55 bits per heavy atom. The Kier molecular flexibility index (Phi) is 1.54. The van der Waals surface area contributed by atoms with Gasteiger partial charge in [-0.05, 0) is 28.1 Å². The molecule has 0 saturated heterocycles. The van der Waals surface area contributed by atoms with E-state index in [2.05, 4.69) is 25.9 Å². The summed E-state index contributed by atoms with van der Waals surface area (Å²) in [6.45, 7) is 0. The predicted molar refractivity (Wildman–Crippen MR) is 44.0 cm³/mol. The van der Waals surface area contributed by atoms with Crippen LogP contribution in [0.2, 0.25) is 0 Å². The van der Waals surface area contributed by atoms with Crippen LogP contribution in [0.15, 0.2) is 33.6 Å². The maximum atomic E-state index is 5.12. The van der Waals surface area contributed by atoms with E-state index in [0.717, 1.165) is 16.2 Å². The standard InChI is InChI=1S/C7H5BrN2O/c8-6-4-9-7(10-6)5-2-1-3-11-5/h1-4H,(H,9,10). The summed E-state index contributed by atoms with van der Waals surface area (Å²) in [7, 11) is 0. The van der Waals surface area contributed by atoms with Crippen molar-refractivity contribution in [1.29, 1.82) is 0 Å². The molecule has 3 nitrogen and oxygen atoms in total. The van der Waals surface area contributed by atoms with Crippen LogP contribution in [-0.2, 0) is 0 Å². The topological polar surface area (TPSA) is 41.8 Å². The summed E-state index contributed by atoms with van der Waals surface area (Å²) in [5.74, 6) is 1.48. The molecule has 0 aliphatic carbocycles. The molecule has 0 saturated carbocycles. The van der Waals surface area contributed by atoms with Gasteiger partial charge in [-0.1, -0.05) is 0 Å². The molecule has 2 aromatic heterocycles. The summed E-state index contributed by atoms with van der Waals surface area (Å²) in [4.78, 5) is 7.05. The molecular formula is C7H5BrN2O. The Hall–Kier alpha value is -1.03. The highest BCUT2D eigenvalue weighted by molar-refractivity contribution is 9.10. The second-order valence-electron chi connectivity index (χ2n) is 2.06. The third-order valence-corrected chi connectivity index (χ3v) is 1.70. The minimum atomic E-state index is 0.738. The second-order valence-corrected chi connectivity index (χ2v) is 2.91. The molecule has 2 aromatic rings. The van der Waals surface area contributed by atoms with E-state index >= 15 is 0 Å². The first-order chi connectivity index (χ1) is 5.36. The molecule has 2 heterocycles. The van der Waals surface area contributed by atoms with Gasteiger partial charge in [0.25, 0.3) is 0 Å². The quantitative estimate of drug-likeness (QED) is 0.790. The Morgan fingerprint density at radius 3 is 3.00 bits per heavy atom. The number of halogens is 1. The average Bonchev–Trinajstić information content (AvgIpc) is 2.55. The van der Waals surface area contributed by atoms with Crippen LogP contribution in [-0.4, -0.2) is 9.97 Å². The number of aromatic amines is 1. The fourth-order valence-electron chi connectivity index (χ4n) is 0.837. The third-order valence-electron chi connectivity index (χ3n) is 1.30. The van der Waals surface area contributed by atoms with Crippen molar-refractivity contribution < 1.29 is 4.42 Å².